The first-order valence-corrected chi connectivity index (χ1v) is 10.5. The summed E-state index contributed by atoms with van der Waals surface area (Å²) in [5, 5.41) is 4.57. The van der Waals surface area contributed by atoms with Gasteiger partial charge >= 0.3 is 0 Å². The third kappa shape index (κ3) is 3.31. The van der Waals surface area contributed by atoms with Crippen LogP contribution >= 0.6 is 0 Å². The van der Waals surface area contributed by atoms with Gasteiger partial charge in [0.25, 0.3) is 0 Å². The van der Waals surface area contributed by atoms with Crippen molar-refractivity contribution in [2.45, 2.75) is 37.6 Å². The van der Waals surface area contributed by atoms with Crippen molar-refractivity contribution in [3.8, 4) is 5.69 Å². The van der Waals surface area contributed by atoms with Crippen LogP contribution in [-0.4, -0.2) is 51.8 Å². The Kier molecular flexibility index (Phi) is 4.59. The van der Waals surface area contributed by atoms with E-state index in [2.05, 4.69) is 56.2 Å². The molecule has 6 nitrogen and oxygen atoms in total. The lowest BCUT2D eigenvalue weighted by Crippen LogP contribution is -2.45. The van der Waals surface area contributed by atoms with Gasteiger partial charge in [-0.15, -0.1) is 0 Å². The molecule has 0 radical (unpaired) electrons. The van der Waals surface area contributed by atoms with Gasteiger partial charge in [-0.2, -0.15) is 5.10 Å². The van der Waals surface area contributed by atoms with Crippen molar-refractivity contribution in [2.24, 2.45) is 0 Å². The molecule has 3 aromatic rings. The van der Waals surface area contributed by atoms with E-state index in [-0.39, 0.29) is 5.41 Å². The van der Waals surface area contributed by atoms with E-state index < -0.39 is 0 Å². The van der Waals surface area contributed by atoms with Crippen LogP contribution < -0.4 is 4.90 Å². The number of likely N-dealkylation sites (tertiary alicyclic amines) is 1. The average molecular weight is 389 g/mol. The van der Waals surface area contributed by atoms with Crippen LogP contribution in [0.1, 0.15) is 36.2 Å². The number of rotatable bonds is 4. The normalized spacial score (nSPS) is 21.4. The van der Waals surface area contributed by atoms with Crippen LogP contribution in [0.15, 0.2) is 48.8 Å². The molecule has 1 aliphatic heterocycles. The van der Waals surface area contributed by atoms with Crippen LogP contribution in [0.4, 0.5) is 5.95 Å². The van der Waals surface area contributed by atoms with E-state index in [1.165, 1.54) is 36.2 Å². The van der Waals surface area contributed by atoms with E-state index in [0.717, 1.165) is 37.7 Å². The molecular weight excluding hydrogens is 360 g/mol. The molecule has 3 heterocycles. The fourth-order valence-electron chi connectivity index (χ4n) is 4.99. The van der Waals surface area contributed by atoms with E-state index in [1.54, 1.807) is 0 Å². The van der Waals surface area contributed by atoms with Crippen LogP contribution in [0.2, 0.25) is 0 Å². The minimum Gasteiger partial charge on any atom is -0.347 e. The summed E-state index contributed by atoms with van der Waals surface area (Å²) in [5.74, 6) is 0.823. The first kappa shape index (κ1) is 18.3. The van der Waals surface area contributed by atoms with Gasteiger partial charge in [0.1, 0.15) is 0 Å². The lowest BCUT2D eigenvalue weighted by Gasteiger charge is -2.40. The molecule has 0 N–H and O–H groups in total. The third-order valence-corrected chi connectivity index (χ3v) is 6.39. The molecule has 1 saturated heterocycles. The predicted octanol–water partition coefficient (Wildman–Crippen LogP) is 3.21. The molecule has 5 rings (SSSR count). The fraction of sp³-hybridized carbons (Fsp3) is 0.435. The predicted molar refractivity (Wildman–Crippen MR) is 114 cm³/mol. The van der Waals surface area contributed by atoms with Crippen molar-refractivity contribution in [2.75, 3.05) is 32.1 Å². The molecular formula is C23H28N6. The Balaban J connectivity index is 1.40. The summed E-state index contributed by atoms with van der Waals surface area (Å²) < 4.78 is 2.07. The summed E-state index contributed by atoms with van der Waals surface area (Å²) >= 11 is 0. The summed E-state index contributed by atoms with van der Waals surface area (Å²) in [6, 6.07) is 12.5. The van der Waals surface area contributed by atoms with Gasteiger partial charge < -0.3 is 4.90 Å². The largest absolute Gasteiger partial charge is 0.347 e. The highest BCUT2D eigenvalue weighted by molar-refractivity contribution is 5.39. The molecule has 0 bridgehead atoms. The molecule has 1 spiro atoms. The minimum absolute atomic E-state index is 0.166. The Labute approximate surface area is 172 Å². The van der Waals surface area contributed by atoms with Gasteiger partial charge in [-0.25, -0.2) is 14.6 Å². The van der Waals surface area contributed by atoms with Crippen LogP contribution in [0.5, 0.6) is 0 Å². The highest BCUT2D eigenvalue weighted by Crippen LogP contribution is 2.44. The van der Waals surface area contributed by atoms with Gasteiger partial charge in [-0.05, 0) is 56.0 Å². The number of benzene rings is 1. The number of piperidine rings is 1. The van der Waals surface area contributed by atoms with Gasteiger partial charge in [-0.3, -0.25) is 4.90 Å². The van der Waals surface area contributed by atoms with Crippen LogP contribution in [0.3, 0.4) is 0 Å². The fourth-order valence-corrected chi connectivity index (χ4v) is 4.99. The number of anilines is 1. The molecule has 1 aliphatic carbocycles. The zero-order chi connectivity index (χ0) is 19.8. The summed E-state index contributed by atoms with van der Waals surface area (Å²) in [4.78, 5) is 14.1. The zero-order valence-corrected chi connectivity index (χ0v) is 17.3. The average Bonchev–Trinajstić information content (AvgIpc) is 3.34. The Morgan fingerprint density at radius 3 is 2.79 bits per heavy atom. The first-order chi connectivity index (χ1) is 14.1. The van der Waals surface area contributed by atoms with Crippen molar-refractivity contribution < 1.29 is 0 Å². The summed E-state index contributed by atoms with van der Waals surface area (Å²) in [5.41, 5.74) is 5.15. The summed E-state index contributed by atoms with van der Waals surface area (Å²) in [6.45, 7) is 3.10. The molecule has 1 unspecified atom stereocenters. The number of aryl methyl sites for hydroxylation is 1. The van der Waals surface area contributed by atoms with Crippen molar-refractivity contribution in [3.63, 3.8) is 0 Å². The number of aromatic nitrogens is 4. The van der Waals surface area contributed by atoms with E-state index in [1.807, 2.05) is 31.3 Å². The first-order valence-electron chi connectivity index (χ1n) is 10.5. The molecule has 0 amide bonds. The number of para-hydroxylation sites is 1. The SMILES string of the molecule is CN(C)c1ncc2c(n1)C1(CCCN(Cc3ccnn3-c3ccccc3)C1)CC2. The van der Waals surface area contributed by atoms with E-state index >= 15 is 0 Å². The molecule has 29 heavy (non-hydrogen) atoms. The number of hydrogen-bond acceptors (Lipinski definition) is 5. The van der Waals surface area contributed by atoms with Crippen molar-refractivity contribution in [1.82, 2.24) is 24.6 Å². The molecule has 0 saturated carbocycles. The molecule has 1 aromatic carbocycles. The van der Waals surface area contributed by atoms with Gasteiger partial charge in [0, 0.05) is 45.0 Å². The highest BCUT2D eigenvalue weighted by Gasteiger charge is 2.43. The maximum Gasteiger partial charge on any atom is 0.225 e. The monoisotopic (exact) mass is 388 g/mol. The van der Waals surface area contributed by atoms with Gasteiger partial charge in [0.05, 0.1) is 17.1 Å². The Bertz CT molecular complexity index is 992. The number of nitrogens with zero attached hydrogens (tertiary/aromatic N) is 6. The van der Waals surface area contributed by atoms with Crippen molar-refractivity contribution in [1.29, 1.82) is 0 Å². The minimum atomic E-state index is 0.166. The maximum absolute atomic E-state index is 5.00. The second-order valence-electron chi connectivity index (χ2n) is 8.60. The van der Waals surface area contributed by atoms with Crippen molar-refractivity contribution >= 4 is 5.95 Å². The molecule has 2 aliphatic rings. The second-order valence-corrected chi connectivity index (χ2v) is 8.60. The lowest BCUT2D eigenvalue weighted by atomic mass is 9.77. The Hall–Kier alpha value is -2.73. The Morgan fingerprint density at radius 2 is 1.97 bits per heavy atom. The van der Waals surface area contributed by atoms with Gasteiger partial charge in [0.2, 0.25) is 5.95 Å². The lowest BCUT2D eigenvalue weighted by molar-refractivity contribution is 0.134. The molecule has 1 atom stereocenters. The van der Waals surface area contributed by atoms with Crippen LogP contribution in [0, 0.1) is 0 Å². The van der Waals surface area contributed by atoms with E-state index in [0.29, 0.717) is 0 Å². The number of fused-ring (bicyclic) bond motifs is 2. The van der Waals surface area contributed by atoms with Crippen LogP contribution in [-0.2, 0) is 18.4 Å². The quantitative estimate of drug-likeness (QED) is 0.687. The standard InChI is InChI=1S/C23H28N6/c1-27(2)22-24-15-18-9-12-23(21(18)26-22)11-6-14-28(17-23)16-20-10-13-25-29(20)19-7-4-3-5-8-19/h3-5,7-8,10,13,15H,6,9,11-12,14,16-17H2,1-2H3. The maximum atomic E-state index is 5.00. The third-order valence-electron chi connectivity index (χ3n) is 6.39. The summed E-state index contributed by atoms with van der Waals surface area (Å²) in [6.07, 6.45) is 8.67. The molecule has 6 heteroatoms. The smallest absolute Gasteiger partial charge is 0.225 e. The van der Waals surface area contributed by atoms with Crippen molar-refractivity contribution in [3.05, 3.63) is 65.7 Å². The van der Waals surface area contributed by atoms with E-state index in [4.69, 9.17) is 4.98 Å². The highest BCUT2D eigenvalue weighted by atomic mass is 15.3. The molecule has 1 fully saturated rings. The van der Waals surface area contributed by atoms with Gasteiger partial charge in [-0.1, -0.05) is 18.2 Å². The molecule has 2 aromatic heterocycles. The second kappa shape index (κ2) is 7.26. The topological polar surface area (TPSA) is 50.1 Å². The Morgan fingerprint density at radius 1 is 1.10 bits per heavy atom. The zero-order valence-electron chi connectivity index (χ0n) is 17.3. The van der Waals surface area contributed by atoms with Crippen LogP contribution in [0.25, 0.3) is 5.69 Å². The van der Waals surface area contributed by atoms with E-state index in [9.17, 15) is 0 Å². The van der Waals surface area contributed by atoms with Gasteiger partial charge in [0.15, 0.2) is 0 Å². The summed E-state index contributed by atoms with van der Waals surface area (Å²) in [7, 11) is 4.03. The molecule has 150 valence electrons. The number of hydrogen-bond donors (Lipinski definition) is 0.